The molecule has 3 aromatic rings. The summed E-state index contributed by atoms with van der Waals surface area (Å²) in [7, 11) is 0. The number of para-hydroxylation sites is 2. The quantitative estimate of drug-likeness (QED) is 0.684. The molecule has 0 atom stereocenters. The second-order valence-electron chi connectivity index (χ2n) is 7.32. The average molecular weight is 393 g/mol. The van der Waals surface area contributed by atoms with Gasteiger partial charge in [-0.1, -0.05) is 29.8 Å². The highest BCUT2D eigenvalue weighted by molar-refractivity contribution is 5.94. The van der Waals surface area contributed by atoms with Crippen molar-refractivity contribution >= 4 is 22.9 Å². The van der Waals surface area contributed by atoms with E-state index in [9.17, 15) is 14.4 Å². The Morgan fingerprint density at radius 3 is 2.55 bits per heavy atom. The van der Waals surface area contributed by atoms with Gasteiger partial charge in [-0.3, -0.25) is 14.2 Å². The smallest absolute Gasteiger partial charge is 0.408 e. The Hall–Kier alpha value is -3.35. The van der Waals surface area contributed by atoms with Gasteiger partial charge in [-0.25, -0.2) is 4.79 Å². The van der Waals surface area contributed by atoms with Gasteiger partial charge in [0.2, 0.25) is 5.91 Å². The number of hydrogen-bond donors (Lipinski definition) is 0. The molecule has 1 aromatic heterocycles. The number of rotatable bonds is 3. The van der Waals surface area contributed by atoms with Gasteiger partial charge in [-0.2, -0.15) is 0 Å². The predicted octanol–water partition coefficient (Wildman–Crippen LogP) is 2.28. The van der Waals surface area contributed by atoms with E-state index in [4.69, 9.17) is 4.42 Å². The molecule has 0 spiro atoms. The van der Waals surface area contributed by atoms with Crippen molar-refractivity contribution in [3.05, 3.63) is 70.2 Å². The van der Waals surface area contributed by atoms with Crippen molar-refractivity contribution in [2.75, 3.05) is 26.2 Å². The van der Waals surface area contributed by atoms with Crippen LogP contribution >= 0.6 is 0 Å². The van der Waals surface area contributed by atoms with E-state index in [1.807, 2.05) is 31.2 Å². The van der Waals surface area contributed by atoms with E-state index >= 15 is 0 Å². The largest absolute Gasteiger partial charge is 0.420 e. The summed E-state index contributed by atoms with van der Waals surface area (Å²) in [6, 6.07) is 14.6. The number of amides is 2. The summed E-state index contributed by atoms with van der Waals surface area (Å²) in [6.07, 6.45) is 0.699. The lowest BCUT2D eigenvalue weighted by molar-refractivity contribution is -0.131. The third-order valence-electron chi connectivity index (χ3n) is 5.27. The molecule has 0 N–H and O–H groups in total. The van der Waals surface area contributed by atoms with E-state index in [0.717, 1.165) is 5.56 Å². The molecule has 7 heteroatoms. The molecule has 2 aromatic carbocycles. The Balaban J connectivity index is 1.44. The highest BCUT2D eigenvalue weighted by Crippen LogP contribution is 2.14. The van der Waals surface area contributed by atoms with Crippen LogP contribution in [0.2, 0.25) is 0 Å². The van der Waals surface area contributed by atoms with Gasteiger partial charge >= 0.3 is 5.76 Å². The van der Waals surface area contributed by atoms with Crippen LogP contribution in [0.5, 0.6) is 0 Å². The zero-order chi connectivity index (χ0) is 20.4. The normalized spacial score (nSPS) is 14.8. The Labute approximate surface area is 168 Å². The molecule has 29 heavy (non-hydrogen) atoms. The zero-order valence-electron chi connectivity index (χ0n) is 16.3. The van der Waals surface area contributed by atoms with Gasteiger partial charge in [0.25, 0.3) is 5.91 Å². The Kier molecular flexibility index (Phi) is 5.20. The number of hydrogen-bond acceptors (Lipinski definition) is 4. The molecule has 1 aliphatic rings. The fourth-order valence-electron chi connectivity index (χ4n) is 3.73. The minimum absolute atomic E-state index is 0.0138. The summed E-state index contributed by atoms with van der Waals surface area (Å²) < 4.78 is 6.56. The SMILES string of the molecule is Cc1cccc(C(=O)N2CCCN(C(=O)Cn3c(=O)oc4ccccc43)CC2)c1. The summed E-state index contributed by atoms with van der Waals surface area (Å²) in [5.74, 6) is -0.700. The molecule has 0 bridgehead atoms. The Bertz CT molecular complexity index is 1110. The summed E-state index contributed by atoms with van der Waals surface area (Å²) >= 11 is 0. The molecule has 1 fully saturated rings. The monoisotopic (exact) mass is 393 g/mol. The number of benzene rings is 2. The van der Waals surface area contributed by atoms with Crippen LogP contribution in [0.4, 0.5) is 0 Å². The molecule has 0 aliphatic carbocycles. The number of carbonyl (C=O) groups is 2. The number of aryl methyl sites for hydroxylation is 1. The summed E-state index contributed by atoms with van der Waals surface area (Å²) in [5.41, 5.74) is 2.79. The second-order valence-corrected chi connectivity index (χ2v) is 7.32. The van der Waals surface area contributed by atoms with Crippen LogP contribution in [-0.2, 0) is 11.3 Å². The van der Waals surface area contributed by atoms with E-state index in [-0.39, 0.29) is 18.4 Å². The lowest BCUT2D eigenvalue weighted by Gasteiger charge is -2.22. The van der Waals surface area contributed by atoms with Crippen molar-refractivity contribution in [3.8, 4) is 0 Å². The summed E-state index contributed by atoms with van der Waals surface area (Å²) in [6.45, 7) is 3.97. The number of aromatic nitrogens is 1. The minimum atomic E-state index is -0.536. The second kappa shape index (κ2) is 7.95. The van der Waals surface area contributed by atoms with Crippen molar-refractivity contribution < 1.29 is 14.0 Å². The topological polar surface area (TPSA) is 75.8 Å². The van der Waals surface area contributed by atoms with Crippen molar-refractivity contribution in [1.29, 1.82) is 0 Å². The predicted molar refractivity (Wildman–Crippen MR) is 109 cm³/mol. The first-order valence-corrected chi connectivity index (χ1v) is 9.75. The highest BCUT2D eigenvalue weighted by atomic mass is 16.4. The van der Waals surface area contributed by atoms with Gasteiger partial charge in [0.1, 0.15) is 6.54 Å². The van der Waals surface area contributed by atoms with Crippen LogP contribution in [-0.4, -0.2) is 52.4 Å². The lowest BCUT2D eigenvalue weighted by atomic mass is 10.1. The van der Waals surface area contributed by atoms with E-state index in [2.05, 4.69) is 0 Å². The Morgan fingerprint density at radius 1 is 0.966 bits per heavy atom. The first kappa shape index (κ1) is 19.0. The van der Waals surface area contributed by atoms with Crippen LogP contribution in [0.25, 0.3) is 11.1 Å². The maximum atomic E-state index is 12.8. The molecule has 0 radical (unpaired) electrons. The van der Waals surface area contributed by atoms with Crippen LogP contribution < -0.4 is 5.76 Å². The van der Waals surface area contributed by atoms with E-state index < -0.39 is 5.76 Å². The van der Waals surface area contributed by atoms with Gasteiger partial charge in [0.15, 0.2) is 5.58 Å². The highest BCUT2D eigenvalue weighted by Gasteiger charge is 2.24. The maximum absolute atomic E-state index is 12.8. The number of oxazole rings is 1. The van der Waals surface area contributed by atoms with Gasteiger partial charge in [-0.15, -0.1) is 0 Å². The van der Waals surface area contributed by atoms with Gasteiger partial charge in [0.05, 0.1) is 5.52 Å². The molecule has 1 saturated heterocycles. The first-order chi connectivity index (χ1) is 14.0. The van der Waals surface area contributed by atoms with Crippen molar-refractivity contribution in [3.63, 3.8) is 0 Å². The van der Waals surface area contributed by atoms with Gasteiger partial charge in [0, 0.05) is 31.7 Å². The molecule has 0 unspecified atom stereocenters. The molecule has 2 amide bonds. The van der Waals surface area contributed by atoms with Crippen LogP contribution in [0.3, 0.4) is 0 Å². The molecular formula is C22H23N3O4. The summed E-state index contributed by atoms with van der Waals surface area (Å²) in [4.78, 5) is 41.3. The molecule has 4 rings (SSSR count). The van der Waals surface area contributed by atoms with Crippen molar-refractivity contribution in [2.45, 2.75) is 19.9 Å². The minimum Gasteiger partial charge on any atom is -0.408 e. The molecule has 150 valence electrons. The standard InChI is InChI=1S/C22H23N3O4/c1-16-6-4-7-17(14-16)21(27)24-11-5-10-23(12-13-24)20(26)15-25-18-8-2-3-9-19(18)29-22(25)28/h2-4,6-9,14H,5,10-13,15H2,1H3. The van der Waals surface area contributed by atoms with Gasteiger partial charge < -0.3 is 14.2 Å². The molecule has 2 heterocycles. The number of nitrogens with zero attached hydrogens (tertiary/aromatic N) is 3. The molecule has 7 nitrogen and oxygen atoms in total. The fraction of sp³-hybridized carbons (Fsp3) is 0.318. The van der Waals surface area contributed by atoms with Crippen LogP contribution in [0, 0.1) is 6.92 Å². The van der Waals surface area contributed by atoms with E-state index in [1.54, 1.807) is 34.1 Å². The van der Waals surface area contributed by atoms with Crippen molar-refractivity contribution in [2.24, 2.45) is 0 Å². The fourth-order valence-corrected chi connectivity index (χ4v) is 3.73. The molecular weight excluding hydrogens is 370 g/mol. The average Bonchev–Trinajstić information content (AvgIpc) is 2.89. The van der Waals surface area contributed by atoms with E-state index in [1.165, 1.54) is 4.57 Å². The number of carbonyl (C=O) groups excluding carboxylic acids is 2. The van der Waals surface area contributed by atoms with Crippen LogP contribution in [0.1, 0.15) is 22.3 Å². The summed E-state index contributed by atoms with van der Waals surface area (Å²) in [5, 5.41) is 0. The van der Waals surface area contributed by atoms with E-state index in [0.29, 0.717) is 49.3 Å². The molecule has 0 saturated carbocycles. The van der Waals surface area contributed by atoms with Gasteiger partial charge in [-0.05, 0) is 37.6 Å². The van der Waals surface area contributed by atoms with Crippen LogP contribution in [0.15, 0.2) is 57.7 Å². The Morgan fingerprint density at radius 2 is 1.72 bits per heavy atom. The lowest BCUT2D eigenvalue weighted by Crippen LogP contribution is -2.39. The van der Waals surface area contributed by atoms with Crippen molar-refractivity contribution in [1.82, 2.24) is 14.4 Å². The maximum Gasteiger partial charge on any atom is 0.420 e. The third-order valence-corrected chi connectivity index (χ3v) is 5.27. The first-order valence-electron chi connectivity index (χ1n) is 9.75. The molecule has 1 aliphatic heterocycles. The number of fused-ring (bicyclic) bond motifs is 1. The third kappa shape index (κ3) is 3.94. The zero-order valence-corrected chi connectivity index (χ0v) is 16.3.